The number of hydrogen-bond acceptors (Lipinski definition) is 3. The van der Waals surface area contributed by atoms with Gasteiger partial charge in [-0.15, -0.1) is 0 Å². The van der Waals surface area contributed by atoms with Crippen molar-refractivity contribution in [2.75, 3.05) is 0 Å². The Bertz CT molecular complexity index is 255. The van der Waals surface area contributed by atoms with Gasteiger partial charge in [0.2, 0.25) is 8.32 Å². The van der Waals surface area contributed by atoms with Crippen molar-refractivity contribution in [2.45, 2.75) is 25.1 Å². The minimum absolute atomic E-state index is 0. The Labute approximate surface area is 86.3 Å². The van der Waals surface area contributed by atoms with Crippen LogP contribution in [0.4, 0.5) is 13.2 Å². The zero-order valence-corrected chi connectivity index (χ0v) is 10.5. The van der Waals surface area contributed by atoms with Crippen molar-refractivity contribution in [1.29, 1.82) is 0 Å². The van der Waals surface area contributed by atoms with Gasteiger partial charge in [0.1, 0.15) is 0 Å². The molecule has 0 aliphatic carbocycles. The molecule has 9 heteroatoms. The van der Waals surface area contributed by atoms with Gasteiger partial charge in [-0.1, -0.05) is 0 Å². The zero-order valence-electron chi connectivity index (χ0n) is 7.14. The van der Waals surface area contributed by atoms with Crippen molar-refractivity contribution in [3.05, 3.63) is 0 Å². The second-order valence-corrected chi connectivity index (χ2v) is 9.36. The average Bonchev–Trinajstić information content (AvgIpc) is 1.52. The van der Waals surface area contributed by atoms with Gasteiger partial charge in [0.05, 0.1) is 0 Å². The predicted octanol–water partition coefficient (Wildman–Crippen LogP) is -1.31. The minimum atomic E-state index is -5.39. The van der Waals surface area contributed by atoms with Crippen molar-refractivity contribution >= 4 is 18.4 Å². The zero-order chi connectivity index (χ0) is 10.2. The molecule has 0 aliphatic rings. The largest absolute Gasteiger partial charge is 1.00 e. The molecule has 0 fully saturated rings. The molecule has 0 rings (SSSR count). The highest BCUT2D eigenvalue weighted by Crippen LogP contribution is 2.27. The van der Waals surface area contributed by atoms with Gasteiger partial charge in [-0.2, -0.15) is 21.6 Å². The van der Waals surface area contributed by atoms with Gasteiger partial charge in [-0.25, -0.2) is 0 Å². The van der Waals surface area contributed by atoms with Crippen molar-refractivity contribution in [3.63, 3.8) is 0 Å². The molecule has 0 saturated carbocycles. The highest BCUT2D eigenvalue weighted by Gasteiger charge is 2.49. The summed E-state index contributed by atoms with van der Waals surface area (Å²) in [5.74, 6) is 0. The van der Waals surface area contributed by atoms with Crippen LogP contribution in [0.15, 0.2) is 0 Å². The smallest absolute Gasteiger partial charge is 0.522 e. The topological polar surface area (TPSA) is 43.4 Å². The number of hydrogen-bond donors (Lipinski definition) is 0. The Balaban J connectivity index is 0. The maximum absolute atomic E-state index is 11.7. The summed E-state index contributed by atoms with van der Waals surface area (Å²) in [4.78, 5) is 0. The minimum Gasteiger partial charge on any atom is -1.00 e. The van der Waals surface area contributed by atoms with Crippen LogP contribution in [0.3, 0.4) is 0 Å². The maximum atomic E-state index is 11.7. The fourth-order valence-corrected chi connectivity index (χ4v) is 3.39. The van der Waals surface area contributed by atoms with E-state index < -0.39 is 23.9 Å². The third-order valence-corrected chi connectivity index (χ3v) is 4.09. The van der Waals surface area contributed by atoms with Crippen molar-refractivity contribution in [2.24, 2.45) is 0 Å². The van der Waals surface area contributed by atoms with E-state index in [4.69, 9.17) is 0 Å². The van der Waals surface area contributed by atoms with E-state index in [0.717, 1.165) is 0 Å². The molecule has 82 valence electrons. The van der Waals surface area contributed by atoms with Gasteiger partial charge in [-0.05, 0) is 19.6 Å². The van der Waals surface area contributed by atoms with E-state index in [-0.39, 0.29) is 17.0 Å². The van der Waals surface area contributed by atoms with Gasteiger partial charge in [-0.3, -0.25) is 0 Å². The van der Waals surface area contributed by atoms with E-state index >= 15 is 0 Å². The van der Waals surface area contributed by atoms with Crippen LogP contribution in [0.25, 0.3) is 0 Å². The molecule has 0 saturated heterocycles. The summed E-state index contributed by atoms with van der Waals surface area (Å²) >= 11 is 0. The third-order valence-electron chi connectivity index (χ3n) is 0.643. The SMILES string of the molecule is C[Si](C)(C)OS(=O)(=O)C(F)(F)F.[Br-]. The van der Waals surface area contributed by atoms with Crippen molar-refractivity contribution in [3.8, 4) is 0 Å². The van der Waals surface area contributed by atoms with Crippen molar-refractivity contribution in [1.82, 2.24) is 0 Å². The number of rotatable bonds is 2. The lowest BCUT2D eigenvalue weighted by atomic mass is 11.6. The third kappa shape index (κ3) is 5.65. The monoisotopic (exact) mass is 301 g/mol. The van der Waals surface area contributed by atoms with Crippen LogP contribution in [0, 0.1) is 0 Å². The highest BCUT2D eigenvalue weighted by molar-refractivity contribution is 7.88. The molecule has 0 bridgehead atoms. The first kappa shape index (κ1) is 15.9. The molecule has 3 nitrogen and oxygen atoms in total. The number of halogens is 4. The second-order valence-electron chi connectivity index (χ2n) is 3.10. The highest BCUT2D eigenvalue weighted by atomic mass is 79.9. The second kappa shape index (κ2) is 4.28. The summed E-state index contributed by atoms with van der Waals surface area (Å²) in [5.41, 5.74) is -5.31. The van der Waals surface area contributed by atoms with E-state index in [1.165, 1.54) is 19.6 Å². The first-order chi connectivity index (χ1) is 4.96. The van der Waals surface area contributed by atoms with Crippen molar-refractivity contribution < 1.29 is 42.4 Å². The summed E-state index contributed by atoms with van der Waals surface area (Å²) in [6.45, 7) is 4.07. The molecular weight excluding hydrogens is 293 g/mol. The Morgan fingerprint density at radius 1 is 1.15 bits per heavy atom. The van der Waals surface area contributed by atoms with Crippen LogP contribution in [0.1, 0.15) is 0 Å². The summed E-state index contributed by atoms with van der Waals surface area (Å²) in [6.07, 6.45) is 0. The average molecular weight is 302 g/mol. The van der Waals surface area contributed by atoms with Gasteiger partial charge in [0, 0.05) is 0 Å². The Hall–Kier alpha value is 0.397. The molecule has 0 heterocycles. The van der Waals surface area contributed by atoms with E-state index in [0.29, 0.717) is 0 Å². The van der Waals surface area contributed by atoms with Gasteiger partial charge >= 0.3 is 15.6 Å². The summed E-state index contributed by atoms with van der Waals surface area (Å²) in [6, 6.07) is 0. The summed E-state index contributed by atoms with van der Waals surface area (Å²) in [5, 5.41) is 0. The standard InChI is InChI=1S/C4H9F3O3SSi.BrH/c1-12(2,3)10-11(8,9)4(5,6)7;/h1-3H3;1H/p-1. The predicted molar refractivity (Wildman–Crippen MR) is 39.4 cm³/mol. The maximum Gasteiger partial charge on any atom is 0.522 e. The van der Waals surface area contributed by atoms with Crippen LogP contribution in [0.5, 0.6) is 0 Å². The molecule has 0 unspecified atom stereocenters. The lowest BCUT2D eigenvalue weighted by molar-refractivity contribution is -0.0503. The first-order valence-corrected chi connectivity index (χ1v) is 7.79. The molecule has 0 spiro atoms. The summed E-state index contributed by atoms with van der Waals surface area (Å²) in [7, 11) is -8.10. The van der Waals surface area contributed by atoms with Gasteiger partial charge in [0.25, 0.3) is 0 Å². The molecule has 0 aliphatic heterocycles. The molecule has 13 heavy (non-hydrogen) atoms. The molecule has 0 amide bonds. The summed E-state index contributed by atoms with van der Waals surface area (Å²) < 4.78 is 59.7. The Morgan fingerprint density at radius 2 is 1.46 bits per heavy atom. The number of alkyl halides is 3. The van der Waals surface area contributed by atoms with Gasteiger partial charge < -0.3 is 20.9 Å². The van der Waals surface area contributed by atoms with Crippen LogP contribution in [0.2, 0.25) is 19.6 Å². The first-order valence-electron chi connectivity index (χ1n) is 2.98. The normalized spacial score (nSPS) is 13.7. The Morgan fingerprint density at radius 3 is 1.54 bits per heavy atom. The van der Waals surface area contributed by atoms with E-state index in [9.17, 15) is 21.6 Å². The van der Waals surface area contributed by atoms with E-state index in [1.807, 2.05) is 0 Å². The van der Waals surface area contributed by atoms with Crippen LogP contribution < -0.4 is 17.0 Å². The molecule has 0 N–H and O–H groups in total. The Kier molecular flexibility index (Phi) is 5.22. The van der Waals surface area contributed by atoms with Gasteiger partial charge in [0.15, 0.2) is 0 Å². The molecule has 0 aromatic heterocycles. The lowest BCUT2D eigenvalue weighted by Crippen LogP contribution is -3.00. The lowest BCUT2D eigenvalue weighted by Gasteiger charge is -2.17. The molecule has 0 radical (unpaired) electrons. The molecular formula is C4H9BrF3O3SSi-. The van der Waals surface area contributed by atoms with Crippen LogP contribution >= 0.6 is 0 Å². The molecule has 0 aromatic carbocycles. The van der Waals surface area contributed by atoms with E-state index in [2.05, 4.69) is 3.87 Å². The van der Waals surface area contributed by atoms with Crippen LogP contribution in [-0.4, -0.2) is 22.2 Å². The fraction of sp³-hybridized carbons (Fsp3) is 1.00. The quantitative estimate of drug-likeness (QED) is 0.470. The molecule has 0 aromatic rings. The fourth-order valence-electron chi connectivity index (χ4n) is 0.376. The molecule has 0 atom stereocenters. The van der Waals surface area contributed by atoms with E-state index in [1.54, 1.807) is 0 Å². The van der Waals surface area contributed by atoms with Crippen LogP contribution in [-0.2, 0) is 14.0 Å².